The molecular weight excluding hydrogens is 307 g/mol. The van der Waals surface area contributed by atoms with Crippen molar-refractivity contribution < 1.29 is 4.79 Å². The van der Waals surface area contributed by atoms with Crippen LogP contribution >= 0.6 is 24.0 Å². The van der Waals surface area contributed by atoms with Crippen molar-refractivity contribution in [3.05, 3.63) is 0 Å². The predicted molar refractivity (Wildman–Crippen MR) is 73.7 cm³/mol. The number of aliphatic imine (C=N–C) groups is 1. The highest BCUT2D eigenvalue weighted by Gasteiger charge is 2.13. The zero-order valence-electron chi connectivity index (χ0n) is 9.97. The van der Waals surface area contributed by atoms with Crippen molar-refractivity contribution in [1.82, 2.24) is 16.0 Å². The Bertz CT molecular complexity index is 223. The Labute approximate surface area is 109 Å². The summed E-state index contributed by atoms with van der Waals surface area (Å²) in [4.78, 5) is 15.2. The van der Waals surface area contributed by atoms with Crippen LogP contribution in [0.2, 0.25) is 0 Å². The summed E-state index contributed by atoms with van der Waals surface area (Å²) < 4.78 is 0. The van der Waals surface area contributed by atoms with Gasteiger partial charge in [-0.3, -0.25) is 9.79 Å². The van der Waals surface area contributed by atoms with Gasteiger partial charge in [-0.2, -0.15) is 0 Å². The second-order valence-electron chi connectivity index (χ2n) is 3.97. The molecule has 0 spiro atoms. The quantitative estimate of drug-likeness (QED) is 0.388. The van der Waals surface area contributed by atoms with Crippen molar-refractivity contribution in [2.75, 3.05) is 20.6 Å². The summed E-state index contributed by atoms with van der Waals surface area (Å²) in [6.45, 7) is 6.05. The summed E-state index contributed by atoms with van der Waals surface area (Å²) >= 11 is 0. The minimum Gasteiger partial charge on any atom is -0.359 e. The van der Waals surface area contributed by atoms with Gasteiger partial charge in [0.25, 0.3) is 0 Å². The third-order valence-electron chi connectivity index (χ3n) is 1.39. The van der Waals surface area contributed by atoms with Gasteiger partial charge in [-0.1, -0.05) is 0 Å². The number of carbonyl (C=O) groups excluding carboxylic acids is 1. The third-order valence-corrected chi connectivity index (χ3v) is 1.39. The maximum atomic E-state index is 11.3. The molecule has 0 saturated carbocycles. The van der Waals surface area contributed by atoms with Gasteiger partial charge in [-0.15, -0.1) is 24.0 Å². The molecule has 0 aromatic carbocycles. The van der Waals surface area contributed by atoms with Gasteiger partial charge in [0, 0.05) is 19.6 Å². The van der Waals surface area contributed by atoms with Crippen LogP contribution in [0.3, 0.4) is 0 Å². The molecule has 90 valence electrons. The normalized spacial score (nSPS) is 11.4. The fraction of sp³-hybridized carbons (Fsp3) is 0.778. The number of carbonyl (C=O) groups is 1. The van der Waals surface area contributed by atoms with Gasteiger partial charge < -0.3 is 16.0 Å². The molecule has 0 unspecified atom stereocenters. The first kappa shape index (κ1) is 16.9. The lowest BCUT2D eigenvalue weighted by atomic mass is 10.1. The number of guanidine groups is 1. The summed E-state index contributed by atoms with van der Waals surface area (Å²) in [7, 11) is 3.40. The van der Waals surface area contributed by atoms with Crippen LogP contribution in [0.15, 0.2) is 4.99 Å². The fourth-order valence-electron chi connectivity index (χ4n) is 0.906. The molecule has 0 aromatic rings. The van der Waals surface area contributed by atoms with Crippen LogP contribution in [0.4, 0.5) is 0 Å². The van der Waals surface area contributed by atoms with E-state index in [-0.39, 0.29) is 42.0 Å². The molecule has 0 aliphatic rings. The van der Waals surface area contributed by atoms with Crippen LogP contribution < -0.4 is 16.0 Å². The summed E-state index contributed by atoms with van der Waals surface area (Å²) in [5.74, 6) is 0.558. The average Bonchev–Trinajstić information content (AvgIpc) is 2.03. The van der Waals surface area contributed by atoms with Crippen molar-refractivity contribution in [1.29, 1.82) is 0 Å². The molecule has 1 amide bonds. The number of halogens is 1. The Kier molecular flexibility index (Phi) is 8.69. The Morgan fingerprint density at radius 2 is 1.87 bits per heavy atom. The zero-order valence-corrected chi connectivity index (χ0v) is 12.3. The monoisotopic (exact) mass is 328 g/mol. The largest absolute Gasteiger partial charge is 0.359 e. The standard InChI is InChI=1S/C9H20N4O.HI/c1-9(2,3)13-7(14)6-12-8(10-4)11-5;/h6H2,1-5H3,(H,13,14)(H2,10,11,12);1H. The number of nitrogens with zero attached hydrogens (tertiary/aromatic N) is 1. The van der Waals surface area contributed by atoms with Crippen LogP contribution in [0.25, 0.3) is 0 Å². The molecule has 0 aromatic heterocycles. The van der Waals surface area contributed by atoms with E-state index in [1.165, 1.54) is 0 Å². The van der Waals surface area contributed by atoms with Crippen LogP contribution in [0.5, 0.6) is 0 Å². The molecular formula is C9H21IN4O. The van der Waals surface area contributed by atoms with E-state index in [9.17, 15) is 4.79 Å². The highest BCUT2D eigenvalue weighted by atomic mass is 127. The highest BCUT2D eigenvalue weighted by molar-refractivity contribution is 14.0. The smallest absolute Gasteiger partial charge is 0.239 e. The van der Waals surface area contributed by atoms with Gasteiger partial charge in [0.05, 0.1) is 6.54 Å². The van der Waals surface area contributed by atoms with Crippen molar-refractivity contribution in [3.8, 4) is 0 Å². The van der Waals surface area contributed by atoms with E-state index in [1.807, 2.05) is 20.8 Å². The maximum absolute atomic E-state index is 11.3. The Morgan fingerprint density at radius 3 is 2.20 bits per heavy atom. The number of hydrogen-bond donors (Lipinski definition) is 3. The van der Waals surface area contributed by atoms with E-state index in [2.05, 4.69) is 20.9 Å². The van der Waals surface area contributed by atoms with Gasteiger partial charge in [0.15, 0.2) is 5.96 Å². The Balaban J connectivity index is 0. The van der Waals surface area contributed by atoms with Crippen LogP contribution in [0.1, 0.15) is 20.8 Å². The van der Waals surface area contributed by atoms with Gasteiger partial charge in [0.1, 0.15) is 0 Å². The van der Waals surface area contributed by atoms with Crippen molar-refractivity contribution in [2.24, 2.45) is 4.99 Å². The number of amides is 1. The second-order valence-corrected chi connectivity index (χ2v) is 3.97. The van der Waals surface area contributed by atoms with E-state index in [0.717, 1.165) is 0 Å². The Morgan fingerprint density at radius 1 is 1.33 bits per heavy atom. The van der Waals surface area contributed by atoms with E-state index in [4.69, 9.17) is 0 Å². The summed E-state index contributed by atoms with van der Waals surface area (Å²) in [6.07, 6.45) is 0. The number of hydrogen-bond acceptors (Lipinski definition) is 2. The molecule has 15 heavy (non-hydrogen) atoms. The van der Waals surface area contributed by atoms with E-state index in [0.29, 0.717) is 5.96 Å². The SMILES string of the molecule is CN=C(NC)NCC(=O)NC(C)(C)C.I. The zero-order chi connectivity index (χ0) is 11.2. The fourth-order valence-corrected chi connectivity index (χ4v) is 0.906. The number of nitrogens with one attached hydrogen (secondary N) is 3. The first-order valence-corrected chi connectivity index (χ1v) is 4.58. The van der Waals surface area contributed by atoms with E-state index >= 15 is 0 Å². The van der Waals surface area contributed by atoms with Gasteiger partial charge in [-0.25, -0.2) is 0 Å². The average molecular weight is 328 g/mol. The summed E-state index contributed by atoms with van der Waals surface area (Å²) in [5, 5.41) is 8.54. The molecule has 0 aliphatic carbocycles. The molecule has 0 heterocycles. The molecule has 0 radical (unpaired) electrons. The predicted octanol–water partition coefficient (Wildman–Crippen LogP) is 0.314. The molecule has 0 saturated heterocycles. The first-order valence-electron chi connectivity index (χ1n) is 4.58. The minimum absolute atomic E-state index is 0. The Hall–Kier alpha value is -0.530. The van der Waals surface area contributed by atoms with Crippen molar-refractivity contribution in [2.45, 2.75) is 26.3 Å². The van der Waals surface area contributed by atoms with Gasteiger partial charge >= 0.3 is 0 Å². The second kappa shape index (κ2) is 7.72. The molecule has 5 nitrogen and oxygen atoms in total. The molecule has 0 bridgehead atoms. The topological polar surface area (TPSA) is 65.5 Å². The third kappa shape index (κ3) is 9.77. The lowest BCUT2D eigenvalue weighted by molar-refractivity contribution is -0.121. The molecule has 0 rings (SSSR count). The van der Waals surface area contributed by atoms with Gasteiger partial charge in [-0.05, 0) is 20.8 Å². The lowest BCUT2D eigenvalue weighted by Crippen LogP contribution is -2.47. The van der Waals surface area contributed by atoms with Crippen molar-refractivity contribution >= 4 is 35.8 Å². The van der Waals surface area contributed by atoms with Crippen LogP contribution in [-0.2, 0) is 4.79 Å². The molecule has 0 aliphatic heterocycles. The number of rotatable bonds is 2. The summed E-state index contributed by atoms with van der Waals surface area (Å²) in [6, 6.07) is 0. The van der Waals surface area contributed by atoms with Crippen LogP contribution in [-0.4, -0.2) is 38.0 Å². The van der Waals surface area contributed by atoms with Gasteiger partial charge in [0.2, 0.25) is 5.91 Å². The van der Waals surface area contributed by atoms with E-state index in [1.54, 1.807) is 14.1 Å². The van der Waals surface area contributed by atoms with Crippen molar-refractivity contribution in [3.63, 3.8) is 0 Å². The molecule has 0 fully saturated rings. The maximum Gasteiger partial charge on any atom is 0.239 e. The molecule has 6 heteroatoms. The summed E-state index contributed by atoms with van der Waals surface area (Å²) in [5.41, 5.74) is -0.193. The minimum atomic E-state index is -0.193. The first-order chi connectivity index (χ1) is 6.39. The van der Waals surface area contributed by atoms with E-state index < -0.39 is 0 Å². The molecule has 3 N–H and O–H groups in total. The van der Waals surface area contributed by atoms with Crippen LogP contribution in [0, 0.1) is 0 Å². The molecule has 0 atom stereocenters. The highest BCUT2D eigenvalue weighted by Crippen LogP contribution is 1.96. The lowest BCUT2D eigenvalue weighted by Gasteiger charge is -2.20.